The first-order valence-electron chi connectivity index (χ1n) is 2.46. The van der Waals surface area contributed by atoms with E-state index in [1.807, 2.05) is 0 Å². The summed E-state index contributed by atoms with van der Waals surface area (Å²) in [6.45, 7) is 0. The minimum absolute atomic E-state index is 0.252. The summed E-state index contributed by atoms with van der Waals surface area (Å²) in [6.07, 6.45) is 2.46. The van der Waals surface area contributed by atoms with Crippen LogP contribution in [0.4, 0.5) is 0 Å². The van der Waals surface area contributed by atoms with E-state index in [-0.39, 0.29) is 11.5 Å². The molecule has 1 aromatic rings. The van der Waals surface area contributed by atoms with Crippen molar-refractivity contribution in [3.05, 3.63) is 18.4 Å². The molecular formula is C4H6N2O3S. The number of oxazole rings is 1. The van der Waals surface area contributed by atoms with Gasteiger partial charge in [-0.15, -0.1) is 0 Å². The van der Waals surface area contributed by atoms with Gasteiger partial charge in [0.1, 0.15) is 11.5 Å². The third-order valence-electron chi connectivity index (χ3n) is 0.827. The molecule has 0 bridgehead atoms. The van der Waals surface area contributed by atoms with Crippen LogP contribution >= 0.6 is 0 Å². The lowest BCUT2D eigenvalue weighted by Gasteiger charge is -1.89. The van der Waals surface area contributed by atoms with Crippen LogP contribution in [0.15, 0.2) is 17.0 Å². The zero-order chi connectivity index (χ0) is 7.61. The van der Waals surface area contributed by atoms with Crippen LogP contribution in [-0.4, -0.2) is 13.4 Å². The van der Waals surface area contributed by atoms with Gasteiger partial charge >= 0.3 is 0 Å². The van der Waals surface area contributed by atoms with Gasteiger partial charge in [-0.1, -0.05) is 0 Å². The molecule has 1 rings (SSSR count). The predicted molar refractivity (Wildman–Crippen MR) is 33.3 cm³/mol. The van der Waals surface area contributed by atoms with Crippen LogP contribution in [0.5, 0.6) is 0 Å². The number of hydrogen-bond acceptors (Lipinski definition) is 4. The Balaban J connectivity index is 2.75. The molecular weight excluding hydrogens is 156 g/mol. The summed E-state index contributed by atoms with van der Waals surface area (Å²) >= 11 is 0. The van der Waals surface area contributed by atoms with Crippen molar-refractivity contribution in [3.63, 3.8) is 0 Å². The van der Waals surface area contributed by atoms with E-state index < -0.39 is 10.0 Å². The zero-order valence-corrected chi connectivity index (χ0v) is 5.84. The van der Waals surface area contributed by atoms with Gasteiger partial charge in [0.15, 0.2) is 6.39 Å². The van der Waals surface area contributed by atoms with Crippen LogP contribution < -0.4 is 5.14 Å². The smallest absolute Gasteiger partial charge is 0.216 e. The number of sulfonamides is 1. The van der Waals surface area contributed by atoms with Gasteiger partial charge in [-0.2, -0.15) is 0 Å². The Kier molecular flexibility index (Phi) is 1.73. The summed E-state index contributed by atoms with van der Waals surface area (Å²) in [5.74, 6) is -0.0463. The molecule has 1 heterocycles. The Morgan fingerprint density at radius 2 is 2.40 bits per heavy atom. The maximum absolute atomic E-state index is 10.4. The molecule has 56 valence electrons. The van der Waals surface area contributed by atoms with Gasteiger partial charge in [-0.3, -0.25) is 0 Å². The first-order valence-corrected chi connectivity index (χ1v) is 4.17. The number of hydrogen-bond donors (Lipinski definition) is 1. The van der Waals surface area contributed by atoms with E-state index in [0.717, 1.165) is 6.39 Å². The van der Waals surface area contributed by atoms with Crippen molar-refractivity contribution in [2.24, 2.45) is 5.14 Å². The third kappa shape index (κ3) is 2.16. The molecule has 0 aliphatic rings. The van der Waals surface area contributed by atoms with E-state index >= 15 is 0 Å². The molecule has 5 nitrogen and oxygen atoms in total. The van der Waals surface area contributed by atoms with E-state index in [0.29, 0.717) is 0 Å². The maximum Gasteiger partial charge on any atom is 0.216 e. The number of aromatic nitrogens is 1. The SMILES string of the molecule is NS(=O)(=O)Cc1cnco1. The summed E-state index contributed by atoms with van der Waals surface area (Å²) in [7, 11) is -3.48. The first-order chi connectivity index (χ1) is 4.58. The molecule has 0 saturated heterocycles. The summed E-state index contributed by atoms with van der Waals surface area (Å²) in [4.78, 5) is 3.52. The fraction of sp³-hybridized carbons (Fsp3) is 0.250. The second kappa shape index (κ2) is 2.39. The Bertz CT molecular complexity index is 288. The Hall–Kier alpha value is -0.880. The average molecular weight is 162 g/mol. The summed E-state index contributed by atoms with van der Waals surface area (Å²) in [5.41, 5.74) is 0. The largest absolute Gasteiger partial charge is 0.447 e. The minimum atomic E-state index is -3.48. The van der Waals surface area contributed by atoms with Crippen molar-refractivity contribution in [2.75, 3.05) is 0 Å². The number of primary sulfonamides is 1. The van der Waals surface area contributed by atoms with E-state index in [1.54, 1.807) is 0 Å². The fourth-order valence-electron chi connectivity index (χ4n) is 0.512. The van der Waals surface area contributed by atoms with Crippen LogP contribution in [0.3, 0.4) is 0 Å². The van der Waals surface area contributed by atoms with Gasteiger partial charge in [0.25, 0.3) is 0 Å². The summed E-state index contributed by atoms with van der Waals surface area (Å²) < 4.78 is 25.4. The highest BCUT2D eigenvalue weighted by atomic mass is 32.2. The fourth-order valence-corrected chi connectivity index (χ4v) is 1.05. The summed E-state index contributed by atoms with van der Waals surface area (Å²) in [5, 5.41) is 4.71. The Morgan fingerprint density at radius 1 is 1.70 bits per heavy atom. The molecule has 6 heteroatoms. The van der Waals surface area contributed by atoms with Gasteiger partial charge in [-0.25, -0.2) is 18.5 Å². The highest BCUT2D eigenvalue weighted by molar-refractivity contribution is 7.88. The zero-order valence-electron chi connectivity index (χ0n) is 5.02. The van der Waals surface area contributed by atoms with Crippen molar-refractivity contribution in [1.29, 1.82) is 0 Å². The second-order valence-electron chi connectivity index (χ2n) is 1.77. The number of nitrogens with zero attached hydrogens (tertiary/aromatic N) is 1. The standard InChI is InChI=1S/C4H6N2O3S/c5-10(7,8)2-4-1-6-3-9-4/h1,3H,2H2,(H2,5,7,8). The molecule has 0 aromatic carbocycles. The predicted octanol–water partition coefficient (Wildman–Crippen LogP) is -0.537. The van der Waals surface area contributed by atoms with Gasteiger partial charge in [-0.05, 0) is 0 Å². The maximum atomic E-state index is 10.4. The van der Waals surface area contributed by atoms with Crippen molar-refractivity contribution in [1.82, 2.24) is 4.98 Å². The average Bonchev–Trinajstić information content (AvgIpc) is 2.12. The Labute approximate surface area is 57.9 Å². The van der Waals surface area contributed by atoms with E-state index in [9.17, 15) is 8.42 Å². The molecule has 2 N–H and O–H groups in total. The number of rotatable bonds is 2. The van der Waals surface area contributed by atoms with Gasteiger partial charge in [0.05, 0.1) is 6.20 Å². The van der Waals surface area contributed by atoms with Gasteiger partial charge < -0.3 is 4.42 Å². The van der Waals surface area contributed by atoms with Crippen molar-refractivity contribution in [2.45, 2.75) is 5.75 Å². The molecule has 1 aromatic heterocycles. The van der Waals surface area contributed by atoms with Crippen molar-refractivity contribution in [3.8, 4) is 0 Å². The van der Waals surface area contributed by atoms with Crippen LogP contribution in [0.2, 0.25) is 0 Å². The normalized spacial score (nSPS) is 11.7. The summed E-state index contributed by atoms with van der Waals surface area (Å²) in [6, 6.07) is 0. The molecule has 0 amide bonds. The van der Waals surface area contributed by atoms with Crippen LogP contribution in [0.25, 0.3) is 0 Å². The molecule has 0 aliphatic carbocycles. The van der Waals surface area contributed by atoms with E-state index in [4.69, 9.17) is 5.14 Å². The molecule has 10 heavy (non-hydrogen) atoms. The van der Waals surface area contributed by atoms with Crippen LogP contribution in [-0.2, 0) is 15.8 Å². The third-order valence-corrected chi connectivity index (χ3v) is 1.51. The van der Waals surface area contributed by atoms with Crippen LogP contribution in [0.1, 0.15) is 5.76 Å². The lowest BCUT2D eigenvalue weighted by Crippen LogP contribution is -2.13. The molecule has 0 radical (unpaired) electrons. The van der Waals surface area contributed by atoms with Crippen molar-refractivity contribution < 1.29 is 12.8 Å². The Morgan fingerprint density at radius 3 is 2.80 bits per heavy atom. The molecule has 0 aliphatic heterocycles. The highest BCUT2D eigenvalue weighted by Crippen LogP contribution is 1.99. The second-order valence-corrected chi connectivity index (χ2v) is 3.39. The molecule has 0 atom stereocenters. The monoisotopic (exact) mass is 162 g/mol. The number of nitrogens with two attached hydrogens (primary N) is 1. The lowest BCUT2D eigenvalue weighted by molar-refractivity contribution is 0.515. The van der Waals surface area contributed by atoms with Crippen LogP contribution in [0, 0.1) is 0 Å². The highest BCUT2D eigenvalue weighted by Gasteiger charge is 2.06. The quantitative estimate of drug-likeness (QED) is 0.632. The molecule has 0 saturated carbocycles. The van der Waals surface area contributed by atoms with E-state index in [1.165, 1.54) is 6.20 Å². The first kappa shape index (κ1) is 7.23. The van der Waals surface area contributed by atoms with Gasteiger partial charge in [0, 0.05) is 0 Å². The molecule has 0 spiro atoms. The molecule has 0 fully saturated rings. The van der Waals surface area contributed by atoms with Gasteiger partial charge in [0.2, 0.25) is 10.0 Å². The van der Waals surface area contributed by atoms with Crippen molar-refractivity contribution >= 4 is 10.0 Å². The topological polar surface area (TPSA) is 86.2 Å². The minimum Gasteiger partial charge on any atom is -0.447 e. The van der Waals surface area contributed by atoms with E-state index in [2.05, 4.69) is 9.40 Å². The lowest BCUT2D eigenvalue weighted by atomic mass is 10.6. The molecule has 0 unspecified atom stereocenters.